The summed E-state index contributed by atoms with van der Waals surface area (Å²) in [4.78, 5) is 15.4. The fraction of sp³-hybridized carbons (Fsp3) is 0.455. The van der Waals surface area contributed by atoms with Gasteiger partial charge in [-0.15, -0.1) is 0 Å². The van der Waals surface area contributed by atoms with Gasteiger partial charge in [-0.25, -0.2) is 0 Å². The zero-order valence-corrected chi connectivity index (χ0v) is 8.64. The summed E-state index contributed by atoms with van der Waals surface area (Å²) in [5.74, 6) is -0.179. The van der Waals surface area contributed by atoms with E-state index in [2.05, 4.69) is 10.3 Å². The highest BCUT2D eigenvalue weighted by atomic mass is 16.5. The van der Waals surface area contributed by atoms with Gasteiger partial charge in [0.05, 0.1) is 7.11 Å². The number of methoxy groups -OCH3 is 1. The fourth-order valence-electron chi connectivity index (χ4n) is 1.92. The molecule has 1 aromatic rings. The summed E-state index contributed by atoms with van der Waals surface area (Å²) in [5.41, 5.74) is 1.13. The van der Waals surface area contributed by atoms with Crippen LogP contribution in [0.4, 0.5) is 0 Å². The molecule has 0 bridgehead atoms. The van der Waals surface area contributed by atoms with Crippen molar-refractivity contribution in [1.29, 1.82) is 0 Å². The molecule has 1 saturated heterocycles. The highest BCUT2D eigenvalue weighted by molar-refractivity contribution is 5.76. The number of hydrogen-bond donors (Lipinski definition) is 1. The van der Waals surface area contributed by atoms with Crippen LogP contribution in [0.15, 0.2) is 24.5 Å². The maximum atomic E-state index is 11.3. The van der Waals surface area contributed by atoms with Gasteiger partial charge in [0.2, 0.25) is 0 Å². The van der Waals surface area contributed by atoms with E-state index >= 15 is 0 Å². The molecule has 1 aromatic heterocycles. The highest BCUT2D eigenvalue weighted by Crippen LogP contribution is 2.26. The topological polar surface area (TPSA) is 51.2 Å². The molecular weight excluding hydrogens is 192 g/mol. The molecule has 1 fully saturated rings. The second-order valence-corrected chi connectivity index (χ2v) is 3.66. The number of ether oxygens (including phenoxy) is 1. The SMILES string of the molecule is COC(=O)[C@@H]1CC[C@@H](c2cccnc2)N1. The number of pyridine rings is 1. The summed E-state index contributed by atoms with van der Waals surface area (Å²) in [5, 5.41) is 3.24. The summed E-state index contributed by atoms with van der Waals surface area (Å²) in [6.45, 7) is 0. The van der Waals surface area contributed by atoms with Gasteiger partial charge in [0, 0.05) is 18.4 Å². The number of hydrogen-bond acceptors (Lipinski definition) is 4. The largest absolute Gasteiger partial charge is 0.468 e. The maximum Gasteiger partial charge on any atom is 0.322 e. The lowest BCUT2D eigenvalue weighted by molar-refractivity contribution is -0.142. The minimum atomic E-state index is -0.179. The van der Waals surface area contributed by atoms with Crippen LogP contribution in [0.5, 0.6) is 0 Å². The number of carbonyl (C=O) groups is 1. The Hall–Kier alpha value is -1.42. The molecule has 1 aliphatic heterocycles. The van der Waals surface area contributed by atoms with Gasteiger partial charge in [0.1, 0.15) is 6.04 Å². The number of nitrogens with one attached hydrogen (secondary N) is 1. The Bertz CT molecular complexity index is 340. The zero-order valence-electron chi connectivity index (χ0n) is 8.64. The average Bonchev–Trinajstić information content (AvgIpc) is 2.78. The van der Waals surface area contributed by atoms with Crippen LogP contribution in [0, 0.1) is 0 Å². The van der Waals surface area contributed by atoms with E-state index in [4.69, 9.17) is 4.74 Å². The summed E-state index contributed by atoms with van der Waals surface area (Å²) in [6, 6.07) is 3.98. The minimum Gasteiger partial charge on any atom is -0.468 e. The average molecular weight is 206 g/mol. The quantitative estimate of drug-likeness (QED) is 0.735. The third kappa shape index (κ3) is 2.15. The van der Waals surface area contributed by atoms with Crippen molar-refractivity contribution in [2.24, 2.45) is 0 Å². The van der Waals surface area contributed by atoms with E-state index in [1.54, 1.807) is 6.20 Å². The molecule has 0 radical (unpaired) electrons. The van der Waals surface area contributed by atoms with E-state index in [-0.39, 0.29) is 18.1 Å². The van der Waals surface area contributed by atoms with Crippen molar-refractivity contribution in [3.05, 3.63) is 30.1 Å². The summed E-state index contributed by atoms with van der Waals surface area (Å²) in [6.07, 6.45) is 5.35. The van der Waals surface area contributed by atoms with Gasteiger partial charge in [-0.2, -0.15) is 0 Å². The van der Waals surface area contributed by atoms with Gasteiger partial charge in [0.25, 0.3) is 0 Å². The molecule has 1 N–H and O–H groups in total. The Morgan fingerprint density at radius 2 is 2.47 bits per heavy atom. The number of esters is 1. The number of nitrogens with zero attached hydrogens (tertiary/aromatic N) is 1. The normalized spacial score (nSPS) is 25.1. The molecule has 0 spiro atoms. The molecule has 15 heavy (non-hydrogen) atoms. The van der Waals surface area contributed by atoms with Crippen LogP contribution in [0.2, 0.25) is 0 Å². The second kappa shape index (κ2) is 4.40. The fourth-order valence-corrected chi connectivity index (χ4v) is 1.92. The molecule has 0 amide bonds. The zero-order chi connectivity index (χ0) is 10.7. The summed E-state index contributed by atoms with van der Waals surface area (Å²) < 4.78 is 4.70. The van der Waals surface area contributed by atoms with Gasteiger partial charge >= 0.3 is 5.97 Å². The van der Waals surface area contributed by atoms with Crippen molar-refractivity contribution in [2.75, 3.05) is 7.11 Å². The minimum absolute atomic E-state index is 0.166. The number of aromatic nitrogens is 1. The molecule has 4 nitrogen and oxygen atoms in total. The van der Waals surface area contributed by atoms with Gasteiger partial charge in [0.15, 0.2) is 0 Å². The van der Waals surface area contributed by atoms with E-state index in [9.17, 15) is 4.79 Å². The van der Waals surface area contributed by atoms with E-state index < -0.39 is 0 Å². The van der Waals surface area contributed by atoms with Crippen LogP contribution in [0.3, 0.4) is 0 Å². The standard InChI is InChI=1S/C11H14N2O2/c1-15-11(14)10-5-4-9(13-10)8-3-2-6-12-7-8/h2-3,6-7,9-10,13H,4-5H2,1H3/t9-,10-/m0/s1. The Morgan fingerprint density at radius 3 is 3.13 bits per heavy atom. The van der Waals surface area contributed by atoms with Crippen molar-refractivity contribution in [3.63, 3.8) is 0 Å². The van der Waals surface area contributed by atoms with E-state index in [0.29, 0.717) is 0 Å². The Balaban J connectivity index is 2.02. The monoisotopic (exact) mass is 206 g/mol. The first-order valence-electron chi connectivity index (χ1n) is 5.05. The van der Waals surface area contributed by atoms with Crippen molar-refractivity contribution in [3.8, 4) is 0 Å². The Labute approximate surface area is 88.7 Å². The van der Waals surface area contributed by atoms with E-state index in [1.165, 1.54) is 7.11 Å². The first-order valence-corrected chi connectivity index (χ1v) is 5.05. The first-order chi connectivity index (χ1) is 7.31. The molecule has 0 aromatic carbocycles. The van der Waals surface area contributed by atoms with Crippen molar-refractivity contribution in [2.45, 2.75) is 24.9 Å². The van der Waals surface area contributed by atoms with Gasteiger partial charge in [-0.3, -0.25) is 15.1 Å². The lowest BCUT2D eigenvalue weighted by Gasteiger charge is -2.12. The van der Waals surface area contributed by atoms with Crippen molar-refractivity contribution in [1.82, 2.24) is 10.3 Å². The predicted octanol–water partition coefficient (Wildman–Crippen LogP) is 1.05. The van der Waals surface area contributed by atoms with Crippen molar-refractivity contribution < 1.29 is 9.53 Å². The van der Waals surface area contributed by atoms with E-state index in [1.807, 2.05) is 18.3 Å². The smallest absolute Gasteiger partial charge is 0.322 e. The van der Waals surface area contributed by atoms with Crippen LogP contribution >= 0.6 is 0 Å². The predicted molar refractivity (Wildman–Crippen MR) is 55.2 cm³/mol. The van der Waals surface area contributed by atoms with Crippen LogP contribution in [0.25, 0.3) is 0 Å². The lowest BCUT2D eigenvalue weighted by Crippen LogP contribution is -2.33. The molecule has 1 aliphatic rings. The molecule has 2 heterocycles. The van der Waals surface area contributed by atoms with E-state index in [0.717, 1.165) is 18.4 Å². The molecule has 2 atom stereocenters. The molecule has 0 saturated carbocycles. The van der Waals surface area contributed by atoms with Crippen LogP contribution in [0.1, 0.15) is 24.4 Å². The Kier molecular flexibility index (Phi) is 2.97. The van der Waals surface area contributed by atoms with Crippen molar-refractivity contribution >= 4 is 5.97 Å². The van der Waals surface area contributed by atoms with Crippen LogP contribution in [-0.2, 0) is 9.53 Å². The molecule has 80 valence electrons. The highest BCUT2D eigenvalue weighted by Gasteiger charge is 2.30. The molecular formula is C11H14N2O2. The molecule has 2 rings (SSSR count). The number of carbonyl (C=O) groups excluding carboxylic acids is 1. The molecule has 0 unspecified atom stereocenters. The maximum absolute atomic E-state index is 11.3. The second-order valence-electron chi connectivity index (χ2n) is 3.66. The number of rotatable bonds is 2. The Morgan fingerprint density at radius 1 is 1.60 bits per heavy atom. The van der Waals surface area contributed by atoms with Crippen LogP contribution in [-0.4, -0.2) is 24.1 Å². The van der Waals surface area contributed by atoms with Gasteiger partial charge in [-0.05, 0) is 24.5 Å². The summed E-state index contributed by atoms with van der Waals surface area (Å²) in [7, 11) is 1.42. The third-order valence-electron chi connectivity index (χ3n) is 2.72. The van der Waals surface area contributed by atoms with Crippen LogP contribution < -0.4 is 5.32 Å². The lowest BCUT2D eigenvalue weighted by atomic mass is 10.1. The summed E-state index contributed by atoms with van der Waals surface area (Å²) >= 11 is 0. The third-order valence-corrected chi connectivity index (χ3v) is 2.72. The first kappa shape index (κ1) is 10.1. The molecule has 4 heteroatoms. The van der Waals surface area contributed by atoms with Gasteiger partial charge < -0.3 is 4.74 Å². The van der Waals surface area contributed by atoms with Gasteiger partial charge in [-0.1, -0.05) is 6.07 Å². The molecule has 0 aliphatic carbocycles.